The highest BCUT2D eigenvalue weighted by Crippen LogP contribution is 2.27. The van der Waals surface area contributed by atoms with E-state index in [4.69, 9.17) is 21.3 Å². The molecular formula is C28H36ClN3O3. The van der Waals surface area contributed by atoms with Crippen LogP contribution >= 0.6 is 11.6 Å². The summed E-state index contributed by atoms with van der Waals surface area (Å²) in [6.07, 6.45) is 6.46. The van der Waals surface area contributed by atoms with Crippen molar-refractivity contribution < 1.29 is 9.53 Å². The molecule has 0 N–H and O–H groups in total. The minimum absolute atomic E-state index is 0.0606. The van der Waals surface area contributed by atoms with Crippen molar-refractivity contribution in [3.8, 4) is 5.69 Å². The molecule has 7 heteroatoms. The number of hydrogen-bond acceptors (Lipinski definition) is 4. The van der Waals surface area contributed by atoms with Crippen LogP contribution in [-0.4, -0.2) is 40.6 Å². The lowest BCUT2D eigenvalue weighted by atomic mass is 10.1. The molecule has 0 bridgehead atoms. The Labute approximate surface area is 212 Å². The van der Waals surface area contributed by atoms with Crippen molar-refractivity contribution in [3.05, 3.63) is 69.7 Å². The predicted octanol–water partition coefficient (Wildman–Crippen LogP) is 6.33. The summed E-state index contributed by atoms with van der Waals surface area (Å²) in [5, 5.41) is 1.05. The van der Waals surface area contributed by atoms with Crippen molar-refractivity contribution in [2.75, 3.05) is 20.3 Å². The maximum atomic E-state index is 13.7. The number of unbranched alkanes of at least 4 members (excludes halogenated alkanes) is 4. The molecule has 35 heavy (non-hydrogen) atoms. The third kappa shape index (κ3) is 6.71. The molecule has 0 fully saturated rings. The lowest BCUT2D eigenvalue weighted by Gasteiger charge is -2.32. The van der Waals surface area contributed by atoms with Gasteiger partial charge in [0.25, 0.3) is 5.56 Å². The minimum Gasteiger partial charge on any atom is -0.383 e. The molecule has 0 radical (unpaired) electrons. The van der Waals surface area contributed by atoms with E-state index < -0.39 is 0 Å². The van der Waals surface area contributed by atoms with E-state index in [0.29, 0.717) is 53.4 Å². The van der Waals surface area contributed by atoms with Crippen molar-refractivity contribution in [2.45, 2.75) is 64.8 Å². The lowest BCUT2D eigenvalue weighted by Crippen LogP contribution is -2.40. The van der Waals surface area contributed by atoms with E-state index in [0.717, 1.165) is 19.3 Å². The average Bonchev–Trinajstić information content (AvgIpc) is 2.86. The number of halogens is 1. The van der Waals surface area contributed by atoms with Gasteiger partial charge >= 0.3 is 0 Å². The van der Waals surface area contributed by atoms with Gasteiger partial charge in [-0.3, -0.25) is 14.2 Å². The smallest absolute Gasteiger partial charge is 0.266 e. The quantitative estimate of drug-likeness (QED) is 0.259. The van der Waals surface area contributed by atoms with E-state index in [-0.39, 0.29) is 17.5 Å². The van der Waals surface area contributed by atoms with Crippen LogP contribution in [0.3, 0.4) is 0 Å². The molecule has 3 rings (SSSR count). The molecule has 2 aromatic carbocycles. The Morgan fingerprint density at radius 2 is 1.86 bits per heavy atom. The van der Waals surface area contributed by atoms with Crippen LogP contribution in [0.1, 0.15) is 70.7 Å². The molecule has 6 nitrogen and oxygen atoms in total. The first-order valence-corrected chi connectivity index (χ1v) is 13.0. The van der Waals surface area contributed by atoms with E-state index in [2.05, 4.69) is 6.92 Å². The van der Waals surface area contributed by atoms with Gasteiger partial charge in [-0.15, -0.1) is 0 Å². The Morgan fingerprint density at radius 1 is 1.09 bits per heavy atom. The van der Waals surface area contributed by atoms with Gasteiger partial charge in [-0.25, -0.2) is 4.98 Å². The molecule has 188 valence electrons. The van der Waals surface area contributed by atoms with Gasteiger partial charge < -0.3 is 9.64 Å². The summed E-state index contributed by atoms with van der Waals surface area (Å²) in [6.45, 7) is 5.04. The van der Waals surface area contributed by atoms with Gasteiger partial charge in [0.05, 0.1) is 29.2 Å². The summed E-state index contributed by atoms with van der Waals surface area (Å²) in [7, 11) is 1.63. The number of aromatic nitrogens is 2. The number of nitrogens with zero attached hydrogens (tertiary/aromatic N) is 3. The van der Waals surface area contributed by atoms with Crippen LogP contribution in [0, 0.1) is 0 Å². The Morgan fingerprint density at radius 3 is 2.57 bits per heavy atom. The zero-order valence-electron chi connectivity index (χ0n) is 21.0. The largest absolute Gasteiger partial charge is 0.383 e. The Kier molecular flexibility index (Phi) is 10.3. The second-order valence-corrected chi connectivity index (χ2v) is 9.21. The molecule has 1 heterocycles. The molecule has 1 unspecified atom stereocenters. The van der Waals surface area contributed by atoms with Crippen molar-refractivity contribution in [1.29, 1.82) is 0 Å². The number of fused-ring (bicyclic) bond motifs is 1. The molecule has 0 saturated heterocycles. The fraction of sp³-hybridized carbons (Fsp3) is 0.464. The normalized spacial score (nSPS) is 12.1. The first kappa shape index (κ1) is 26.9. The fourth-order valence-electron chi connectivity index (χ4n) is 4.45. The molecule has 0 aliphatic rings. The van der Waals surface area contributed by atoms with Gasteiger partial charge in [-0.1, -0.05) is 69.3 Å². The number of rotatable bonds is 13. The summed E-state index contributed by atoms with van der Waals surface area (Å²) in [5.74, 6) is 0.597. The van der Waals surface area contributed by atoms with Crippen molar-refractivity contribution in [3.63, 3.8) is 0 Å². The van der Waals surface area contributed by atoms with E-state index in [1.165, 1.54) is 12.8 Å². The monoisotopic (exact) mass is 497 g/mol. The molecular weight excluding hydrogens is 462 g/mol. The van der Waals surface area contributed by atoms with Crippen LogP contribution in [0.15, 0.2) is 53.3 Å². The van der Waals surface area contributed by atoms with Gasteiger partial charge in [0.1, 0.15) is 5.82 Å². The van der Waals surface area contributed by atoms with Crippen LogP contribution < -0.4 is 5.56 Å². The Bertz CT molecular complexity index is 1180. The molecule has 3 aromatic rings. The highest BCUT2D eigenvalue weighted by Gasteiger charge is 2.28. The molecule has 0 saturated carbocycles. The first-order chi connectivity index (χ1) is 17.0. The summed E-state index contributed by atoms with van der Waals surface area (Å²) in [4.78, 5) is 33.9. The Balaban J connectivity index is 2.08. The average molecular weight is 498 g/mol. The molecule has 1 atom stereocenters. The maximum absolute atomic E-state index is 13.7. The number of para-hydroxylation sites is 1. The second kappa shape index (κ2) is 13.4. The molecule has 1 aromatic heterocycles. The van der Waals surface area contributed by atoms with Crippen molar-refractivity contribution in [2.24, 2.45) is 0 Å². The SMILES string of the molecule is CCCCCCCC(=O)N(CCOC)C(CC)c1nc2ccccc2c(=O)n1-c1cccc(Cl)c1. The zero-order chi connectivity index (χ0) is 25.2. The van der Waals surface area contributed by atoms with Crippen LogP contribution in [-0.2, 0) is 9.53 Å². The number of methoxy groups -OCH3 is 1. The number of ether oxygens (including phenoxy) is 1. The number of amides is 1. The van der Waals surface area contributed by atoms with Crippen molar-refractivity contribution >= 4 is 28.4 Å². The van der Waals surface area contributed by atoms with Crippen LogP contribution in [0.2, 0.25) is 5.02 Å². The summed E-state index contributed by atoms with van der Waals surface area (Å²) >= 11 is 6.29. The summed E-state index contributed by atoms with van der Waals surface area (Å²) in [5.41, 5.74) is 1.07. The number of carbonyl (C=O) groups is 1. The van der Waals surface area contributed by atoms with Crippen LogP contribution in [0.5, 0.6) is 0 Å². The standard InChI is InChI=1S/C28H36ClN3O3/c1-4-6-7-8-9-17-26(33)31(18-19-35-3)25(5-2)27-30-24-16-11-10-15-23(24)28(34)32(27)22-14-12-13-21(29)20-22/h10-16,20,25H,4-9,17-19H2,1-3H3. The minimum atomic E-state index is -0.385. The predicted molar refractivity (Wildman–Crippen MR) is 142 cm³/mol. The molecule has 0 aliphatic carbocycles. The molecule has 1 amide bonds. The van der Waals surface area contributed by atoms with Gasteiger partial charge in [-0.2, -0.15) is 0 Å². The van der Waals surface area contributed by atoms with E-state index in [9.17, 15) is 9.59 Å². The van der Waals surface area contributed by atoms with Gasteiger partial charge in [-0.05, 0) is 43.2 Å². The van der Waals surface area contributed by atoms with Gasteiger partial charge in [0, 0.05) is 25.1 Å². The van der Waals surface area contributed by atoms with Gasteiger partial charge in [0.2, 0.25) is 5.91 Å². The third-order valence-electron chi connectivity index (χ3n) is 6.28. The van der Waals surface area contributed by atoms with Crippen molar-refractivity contribution in [1.82, 2.24) is 14.5 Å². The first-order valence-electron chi connectivity index (χ1n) is 12.6. The second-order valence-electron chi connectivity index (χ2n) is 8.78. The Hall–Kier alpha value is -2.70. The summed E-state index contributed by atoms with van der Waals surface area (Å²) in [6, 6.07) is 14.1. The van der Waals surface area contributed by atoms with E-state index in [1.54, 1.807) is 29.9 Å². The van der Waals surface area contributed by atoms with Gasteiger partial charge in [0.15, 0.2) is 0 Å². The number of carbonyl (C=O) groups excluding carboxylic acids is 1. The molecule has 0 aliphatic heterocycles. The van der Waals surface area contributed by atoms with Crippen LogP contribution in [0.25, 0.3) is 16.6 Å². The topological polar surface area (TPSA) is 64.4 Å². The van der Waals surface area contributed by atoms with Crippen LogP contribution in [0.4, 0.5) is 0 Å². The lowest BCUT2D eigenvalue weighted by molar-refractivity contribution is -0.135. The molecule has 0 spiro atoms. The third-order valence-corrected chi connectivity index (χ3v) is 6.51. The summed E-state index contributed by atoms with van der Waals surface area (Å²) < 4.78 is 6.94. The maximum Gasteiger partial charge on any atom is 0.266 e. The fourth-order valence-corrected chi connectivity index (χ4v) is 4.63. The zero-order valence-corrected chi connectivity index (χ0v) is 21.8. The van der Waals surface area contributed by atoms with E-state index >= 15 is 0 Å². The highest BCUT2D eigenvalue weighted by atomic mass is 35.5. The number of hydrogen-bond donors (Lipinski definition) is 0. The number of benzene rings is 2. The highest BCUT2D eigenvalue weighted by molar-refractivity contribution is 6.30. The van der Waals surface area contributed by atoms with E-state index in [1.807, 2.05) is 42.2 Å².